The van der Waals surface area contributed by atoms with Gasteiger partial charge in [-0.1, -0.05) is 23.8 Å². The third-order valence-electron chi connectivity index (χ3n) is 2.57. The summed E-state index contributed by atoms with van der Waals surface area (Å²) in [7, 11) is 2.99. The molecule has 1 aromatic carbocycles. The first-order valence-electron chi connectivity index (χ1n) is 6.04. The highest BCUT2D eigenvalue weighted by Gasteiger charge is 2.11. The maximum Gasteiger partial charge on any atom is 0.315 e. The van der Waals surface area contributed by atoms with Crippen molar-refractivity contribution < 1.29 is 19.0 Å². The van der Waals surface area contributed by atoms with Gasteiger partial charge in [-0.05, 0) is 31.9 Å². The van der Waals surface area contributed by atoms with E-state index in [2.05, 4.69) is 6.08 Å². The Labute approximate surface area is 114 Å². The summed E-state index contributed by atoms with van der Waals surface area (Å²) in [5.41, 5.74) is 2.76. The molecule has 0 aliphatic carbocycles. The van der Waals surface area contributed by atoms with Gasteiger partial charge in [0, 0.05) is 19.8 Å². The molecule has 0 N–H and O–H groups in total. The lowest BCUT2D eigenvalue weighted by molar-refractivity contribution is -0.219. The van der Waals surface area contributed by atoms with Crippen LogP contribution in [0.25, 0.3) is 0 Å². The lowest BCUT2D eigenvalue weighted by Gasteiger charge is -2.17. The summed E-state index contributed by atoms with van der Waals surface area (Å²) in [6.45, 7) is 3.29. The highest BCUT2D eigenvalue weighted by Crippen LogP contribution is 2.23. The van der Waals surface area contributed by atoms with Gasteiger partial charge in [0.2, 0.25) is 0 Å². The van der Waals surface area contributed by atoms with E-state index in [1.54, 1.807) is 12.1 Å². The van der Waals surface area contributed by atoms with Crippen LogP contribution in [0.3, 0.4) is 0 Å². The maximum atomic E-state index is 10.8. The Morgan fingerprint density at radius 1 is 1.26 bits per heavy atom. The van der Waals surface area contributed by atoms with Crippen LogP contribution in [0.5, 0.6) is 5.75 Å². The zero-order valence-corrected chi connectivity index (χ0v) is 11.8. The second-order valence-corrected chi connectivity index (χ2v) is 4.35. The van der Waals surface area contributed by atoms with E-state index in [4.69, 9.17) is 14.2 Å². The van der Waals surface area contributed by atoms with E-state index in [0.717, 1.165) is 18.3 Å². The third kappa shape index (κ3) is 4.85. The quantitative estimate of drug-likeness (QED) is 0.431. The Hall–Kier alpha value is -1.65. The lowest BCUT2D eigenvalue weighted by Crippen LogP contribution is -2.21. The van der Waals surface area contributed by atoms with E-state index in [-0.39, 0.29) is 0 Å². The van der Waals surface area contributed by atoms with Crippen LogP contribution < -0.4 is 4.74 Å². The minimum atomic E-state index is -0.785. The average Bonchev–Trinajstić information content (AvgIpc) is 2.42. The van der Waals surface area contributed by atoms with Crippen molar-refractivity contribution in [3.8, 4) is 5.75 Å². The molecule has 0 fully saturated rings. The van der Waals surface area contributed by atoms with Gasteiger partial charge >= 0.3 is 6.48 Å². The second-order valence-electron chi connectivity index (χ2n) is 4.35. The summed E-state index contributed by atoms with van der Waals surface area (Å²) in [4.78, 5) is 10.8. The molecule has 0 aliphatic rings. The molecule has 1 rings (SSSR count). The van der Waals surface area contributed by atoms with Crippen molar-refractivity contribution in [1.29, 1.82) is 0 Å². The fraction of sp³-hybridized carbons (Fsp3) is 0.400. The topological polar surface area (TPSA) is 44.8 Å². The minimum Gasteiger partial charge on any atom is -0.441 e. The molecule has 0 unspecified atom stereocenters. The van der Waals surface area contributed by atoms with Crippen LogP contribution in [-0.2, 0) is 15.9 Å². The van der Waals surface area contributed by atoms with Crippen molar-refractivity contribution in [2.24, 2.45) is 0 Å². The maximum absolute atomic E-state index is 10.8. The Bertz CT molecular complexity index is 443. The monoisotopic (exact) mass is 264 g/mol. The molecule has 0 aliphatic heterocycles. The number of aldehydes is 1. The molecule has 0 saturated heterocycles. The van der Waals surface area contributed by atoms with Crippen LogP contribution in [0.15, 0.2) is 29.8 Å². The molecule has 19 heavy (non-hydrogen) atoms. The predicted octanol–water partition coefficient (Wildman–Crippen LogP) is 2.96. The SMILES string of the molecule is COC(OC)Oc1cc(C=O)ccc1CC=C(C)C. The standard InChI is InChI=1S/C15H20O4/c1-11(2)5-7-13-8-6-12(10-16)9-14(13)19-15(17-3)18-4/h5-6,8-10,15H,7H2,1-4H3. The molecule has 0 radical (unpaired) electrons. The Kier molecular flexibility index (Phi) is 6.25. The number of benzene rings is 1. The number of methoxy groups -OCH3 is 2. The molecule has 0 bridgehead atoms. The summed E-state index contributed by atoms with van der Waals surface area (Å²) >= 11 is 0. The summed E-state index contributed by atoms with van der Waals surface area (Å²) in [5, 5.41) is 0. The van der Waals surface area contributed by atoms with Crippen LogP contribution in [0.1, 0.15) is 29.8 Å². The first kappa shape index (κ1) is 15.4. The Morgan fingerprint density at radius 2 is 1.95 bits per heavy atom. The van der Waals surface area contributed by atoms with Crippen molar-refractivity contribution >= 4 is 6.29 Å². The van der Waals surface area contributed by atoms with E-state index in [9.17, 15) is 4.79 Å². The molecule has 0 aromatic heterocycles. The number of hydrogen-bond donors (Lipinski definition) is 0. The molecule has 0 atom stereocenters. The molecular formula is C15H20O4. The largest absolute Gasteiger partial charge is 0.441 e. The van der Waals surface area contributed by atoms with E-state index in [0.29, 0.717) is 11.3 Å². The highest BCUT2D eigenvalue weighted by molar-refractivity contribution is 5.75. The Balaban J connectivity index is 3.01. The van der Waals surface area contributed by atoms with Gasteiger partial charge in [-0.25, -0.2) is 0 Å². The van der Waals surface area contributed by atoms with Crippen molar-refractivity contribution in [3.05, 3.63) is 41.0 Å². The molecule has 0 spiro atoms. The molecule has 0 heterocycles. The van der Waals surface area contributed by atoms with Crippen molar-refractivity contribution in [2.45, 2.75) is 26.7 Å². The zero-order valence-electron chi connectivity index (χ0n) is 11.8. The fourth-order valence-corrected chi connectivity index (χ4v) is 1.53. The van der Waals surface area contributed by atoms with E-state index < -0.39 is 6.48 Å². The fourth-order valence-electron chi connectivity index (χ4n) is 1.53. The van der Waals surface area contributed by atoms with Crippen molar-refractivity contribution in [1.82, 2.24) is 0 Å². The van der Waals surface area contributed by atoms with E-state index in [1.165, 1.54) is 19.8 Å². The average molecular weight is 264 g/mol. The molecule has 4 heteroatoms. The third-order valence-corrected chi connectivity index (χ3v) is 2.57. The summed E-state index contributed by atoms with van der Waals surface area (Å²) < 4.78 is 15.6. The molecule has 4 nitrogen and oxygen atoms in total. The van der Waals surface area contributed by atoms with Crippen LogP contribution >= 0.6 is 0 Å². The number of ether oxygens (including phenoxy) is 3. The number of carbonyl (C=O) groups excluding carboxylic acids is 1. The summed E-state index contributed by atoms with van der Waals surface area (Å²) in [6, 6.07) is 5.33. The van der Waals surface area contributed by atoms with Gasteiger partial charge in [0.05, 0.1) is 0 Å². The van der Waals surface area contributed by atoms with Gasteiger partial charge in [0.25, 0.3) is 0 Å². The molecule has 104 valence electrons. The number of carbonyl (C=O) groups is 1. The number of rotatable bonds is 7. The smallest absolute Gasteiger partial charge is 0.315 e. The van der Waals surface area contributed by atoms with E-state index in [1.807, 2.05) is 19.9 Å². The molecule has 0 saturated carbocycles. The van der Waals surface area contributed by atoms with Crippen molar-refractivity contribution in [2.75, 3.05) is 14.2 Å². The van der Waals surface area contributed by atoms with E-state index >= 15 is 0 Å². The zero-order chi connectivity index (χ0) is 14.3. The van der Waals surface area contributed by atoms with Crippen molar-refractivity contribution in [3.63, 3.8) is 0 Å². The molecule has 1 aromatic rings. The highest BCUT2D eigenvalue weighted by atomic mass is 16.8. The lowest BCUT2D eigenvalue weighted by atomic mass is 10.1. The van der Waals surface area contributed by atoms with Gasteiger partial charge in [-0.3, -0.25) is 4.79 Å². The van der Waals surface area contributed by atoms with Crippen LogP contribution in [0, 0.1) is 0 Å². The number of hydrogen-bond acceptors (Lipinski definition) is 4. The first-order chi connectivity index (χ1) is 9.10. The summed E-state index contributed by atoms with van der Waals surface area (Å²) in [6.07, 6.45) is 3.61. The minimum absolute atomic E-state index is 0.557. The van der Waals surface area contributed by atoms with Crippen LogP contribution in [0.2, 0.25) is 0 Å². The van der Waals surface area contributed by atoms with Gasteiger partial charge in [0.15, 0.2) is 0 Å². The van der Waals surface area contributed by atoms with Crippen LogP contribution in [0.4, 0.5) is 0 Å². The first-order valence-corrected chi connectivity index (χ1v) is 6.04. The predicted molar refractivity (Wildman–Crippen MR) is 73.4 cm³/mol. The van der Waals surface area contributed by atoms with Gasteiger partial charge in [-0.15, -0.1) is 0 Å². The normalized spacial score (nSPS) is 10.4. The Morgan fingerprint density at radius 3 is 2.47 bits per heavy atom. The van der Waals surface area contributed by atoms with Gasteiger partial charge < -0.3 is 14.2 Å². The van der Waals surface area contributed by atoms with Crippen LogP contribution in [-0.4, -0.2) is 27.0 Å². The van der Waals surface area contributed by atoms with Gasteiger partial charge in [0.1, 0.15) is 12.0 Å². The second kappa shape index (κ2) is 7.71. The summed E-state index contributed by atoms with van der Waals surface area (Å²) in [5.74, 6) is 0.593. The molecule has 0 amide bonds. The number of allylic oxidation sites excluding steroid dienone is 2. The molecular weight excluding hydrogens is 244 g/mol. The van der Waals surface area contributed by atoms with Gasteiger partial charge in [-0.2, -0.15) is 0 Å².